The first kappa shape index (κ1) is 15.6. The van der Waals surface area contributed by atoms with Gasteiger partial charge < -0.3 is 15.0 Å². The van der Waals surface area contributed by atoms with Crippen LogP contribution in [-0.4, -0.2) is 43.7 Å². The molecule has 1 fully saturated rings. The maximum atomic E-state index is 11.9. The van der Waals surface area contributed by atoms with Crippen molar-refractivity contribution in [3.8, 4) is 0 Å². The Morgan fingerprint density at radius 2 is 1.90 bits per heavy atom. The van der Waals surface area contributed by atoms with Gasteiger partial charge in [-0.05, 0) is 12.1 Å². The molecule has 1 aliphatic heterocycles. The second-order valence-corrected chi connectivity index (χ2v) is 5.43. The number of rotatable bonds is 5. The minimum Gasteiger partial charge on any atom is -0.378 e. The van der Waals surface area contributed by atoms with Gasteiger partial charge in [0.05, 0.1) is 13.2 Å². The highest BCUT2D eigenvalue weighted by Gasteiger charge is 2.16. The highest BCUT2D eigenvalue weighted by atomic mass is 35.5. The highest BCUT2D eigenvalue weighted by Crippen LogP contribution is 2.23. The third-order valence-corrected chi connectivity index (χ3v) is 3.95. The van der Waals surface area contributed by atoms with Crippen LogP contribution in [0.15, 0.2) is 18.2 Å². The van der Waals surface area contributed by atoms with E-state index < -0.39 is 0 Å². The number of nitrogens with one attached hydrogen (secondary N) is 1. The maximum absolute atomic E-state index is 11.9. The van der Waals surface area contributed by atoms with Gasteiger partial charge in [0.25, 0.3) is 0 Å². The molecular formula is C14H18Cl2N2O2. The number of hydrogen-bond acceptors (Lipinski definition) is 3. The molecule has 6 heteroatoms. The van der Waals surface area contributed by atoms with Gasteiger partial charge in [0.15, 0.2) is 0 Å². The Kier molecular flexibility index (Phi) is 6.10. The van der Waals surface area contributed by atoms with Gasteiger partial charge in [-0.15, -0.1) is 0 Å². The summed E-state index contributed by atoms with van der Waals surface area (Å²) in [6.45, 7) is 3.82. The first-order valence-electron chi connectivity index (χ1n) is 6.67. The predicted molar refractivity (Wildman–Crippen MR) is 80.2 cm³/mol. The van der Waals surface area contributed by atoms with Crippen molar-refractivity contribution in [1.82, 2.24) is 10.2 Å². The van der Waals surface area contributed by atoms with Gasteiger partial charge >= 0.3 is 0 Å². The second-order valence-electron chi connectivity index (χ2n) is 4.62. The molecule has 1 aromatic rings. The lowest BCUT2D eigenvalue weighted by Gasteiger charge is -2.26. The van der Waals surface area contributed by atoms with Crippen molar-refractivity contribution in [2.45, 2.75) is 13.0 Å². The van der Waals surface area contributed by atoms with Gasteiger partial charge in [-0.3, -0.25) is 4.79 Å². The fourth-order valence-corrected chi connectivity index (χ4v) is 2.61. The van der Waals surface area contributed by atoms with Crippen LogP contribution < -0.4 is 5.32 Å². The number of nitrogens with zero attached hydrogens (tertiary/aromatic N) is 1. The van der Waals surface area contributed by atoms with Crippen LogP contribution in [0.25, 0.3) is 0 Å². The number of carbonyl (C=O) groups excluding carboxylic acids is 1. The van der Waals surface area contributed by atoms with Crippen LogP contribution in [0.4, 0.5) is 0 Å². The van der Waals surface area contributed by atoms with E-state index in [4.69, 9.17) is 27.9 Å². The van der Waals surface area contributed by atoms with Crippen LogP contribution in [0.3, 0.4) is 0 Å². The average Bonchev–Trinajstić information content (AvgIpc) is 2.46. The summed E-state index contributed by atoms with van der Waals surface area (Å²) >= 11 is 12.2. The Hall–Kier alpha value is -0.810. The van der Waals surface area contributed by atoms with Crippen molar-refractivity contribution in [1.29, 1.82) is 0 Å². The van der Waals surface area contributed by atoms with Crippen molar-refractivity contribution in [3.05, 3.63) is 33.8 Å². The molecule has 0 bridgehead atoms. The molecule has 1 N–H and O–H groups in total. The van der Waals surface area contributed by atoms with E-state index in [2.05, 4.69) is 5.32 Å². The monoisotopic (exact) mass is 316 g/mol. The first-order chi connectivity index (χ1) is 9.68. The Morgan fingerprint density at radius 3 is 2.55 bits per heavy atom. The van der Waals surface area contributed by atoms with E-state index in [0.29, 0.717) is 55.9 Å². The molecule has 0 radical (unpaired) electrons. The van der Waals surface area contributed by atoms with Crippen molar-refractivity contribution >= 4 is 29.1 Å². The molecule has 20 heavy (non-hydrogen) atoms. The smallest absolute Gasteiger partial charge is 0.224 e. The number of amides is 1. The second kappa shape index (κ2) is 7.84. The molecule has 0 saturated carbocycles. The number of morpholine rings is 1. The molecule has 1 aromatic carbocycles. The van der Waals surface area contributed by atoms with Crippen molar-refractivity contribution in [2.24, 2.45) is 0 Å². The van der Waals surface area contributed by atoms with Gasteiger partial charge in [0, 0.05) is 48.2 Å². The summed E-state index contributed by atoms with van der Waals surface area (Å²) in [6, 6.07) is 5.43. The van der Waals surface area contributed by atoms with Gasteiger partial charge in [-0.2, -0.15) is 0 Å². The van der Waals surface area contributed by atoms with Gasteiger partial charge in [-0.1, -0.05) is 29.3 Å². The molecule has 1 saturated heterocycles. The standard InChI is InChI=1S/C14H18Cl2N2O2/c15-12-2-1-3-13(16)11(12)10-17-5-4-14(19)18-6-8-20-9-7-18/h1-3,17H,4-10H2. The van der Waals surface area contributed by atoms with E-state index in [1.165, 1.54) is 0 Å². The third-order valence-electron chi connectivity index (χ3n) is 3.24. The topological polar surface area (TPSA) is 41.6 Å². The summed E-state index contributed by atoms with van der Waals surface area (Å²) in [7, 11) is 0. The molecular weight excluding hydrogens is 299 g/mol. The zero-order valence-electron chi connectivity index (χ0n) is 11.2. The highest BCUT2D eigenvalue weighted by molar-refractivity contribution is 6.35. The molecule has 0 aromatic heterocycles. The lowest BCUT2D eigenvalue weighted by atomic mass is 10.2. The van der Waals surface area contributed by atoms with Crippen LogP contribution >= 0.6 is 23.2 Å². The van der Waals surface area contributed by atoms with E-state index in [1.54, 1.807) is 0 Å². The summed E-state index contributed by atoms with van der Waals surface area (Å²) in [6.07, 6.45) is 0.474. The average molecular weight is 317 g/mol. The number of hydrogen-bond donors (Lipinski definition) is 1. The van der Waals surface area contributed by atoms with E-state index in [-0.39, 0.29) is 5.91 Å². The molecule has 0 atom stereocenters. The van der Waals surface area contributed by atoms with Gasteiger partial charge in [-0.25, -0.2) is 0 Å². The van der Waals surface area contributed by atoms with E-state index in [1.807, 2.05) is 23.1 Å². The molecule has 1 amide bonds. The summed E-state index contributed by atoms with van der Waals surface area (Å²) < 4.78 is 5.22. The fourth-order valence-electron chi connectivity index (χ4n) is 2.08. The van der Waals surface area contributed by atoms with Crippen LogP contribution in [0.2, 0.25) is 10.0 Å². The zero-order valence-corrected chi connectivity index (χ0v) is 12.7. The summed E-state index contributed by atoms with van der Waals surface area (Å²) in [5.74, 6) is 0.158. The third kappa shape index (κ3) is 4.35. The molecule has 110 valence electrons. The molecule has 0 aliphatic carbocycles. The van der Waals surface area contributed by atoms with Gasteiger partial charge in [0.2, 0.25) is 5.91 Å². The maximum Gasteiger partial charge on any atom is 0.224 e. The Morgan fingerprint density at radius 1 is 1.25 bits per heavy atom. The Bertz CT molecular complexity index is 442. The first-order valence-corrected chi connectivity index (χ1v) is 7.43. The molecule has 0 spiro atoms. The quantitative estimate of drug-likeness (QED) is 0.848. The SMILES string of the molecule is O=C(CCNCc1c(Cl)cccc1Cl)N1CCOCC1. The molecule has 1 aliphatic rings. The molecule has 4 nitrogen and oxygen atoms in total. The fraction of sp³-hybridized carbons (Fsp3) is 0.500. The molecule has 0 unspecified atom stereocenters. The summed E-state index contributed by atoms with van der Waals surface area (Å²) in [4.78, 5) is 13.8. The minimum absolute atomic E-state index is 0.158. The van der Waals surface area contributed by atoms with Crippen LogP contribution in [0.5, 0.6) is 0 Å². The predicted octanol–water partition coefficient (Wildman–Crippen LogP) is 2.33. The van der Waals surface area contributed by atoms with E-state index in [9.17, 15) is 4.79 Å². The van der Waals surface area contributed by atoms with Crippen LogP contribution in [0.1, 0.15) is 12.0 Å². The van der Waals surface area contributed by atoms with E-state index in [0.717, 1.165) is 5.56 Å². The number of benzene rings is 1. The lowest BCUT2D eigenvalue weighted by Crippen LogP contribution is -2.41. The van der Waals surface area contributed by atoms with Crippen molar-refractivity contribution in [2.75, 3.05) is 32.8 Å². The van der Waals surface area contributed by atoms with Crippen molar-refractivity contribution in [3.63, 3.8) is 0 Å². The van der Waals surface area contributed by atoms with Gasteiger partial charge in [0.1, 0.15) is 0 Å². The summed E-state index contributed by atoms with van der Waals surface area (Å²) in [5, 5.41) is 4.49. The molecule has 2 rings (SSSR count). The lowest BCUT2D eigenvalue weighted by molar-refractivity contribution is -0.135. The zero-order chi connectivity index (χ0) is 14.4. The van der Waals surface area contributed by atoms with Crippen molar-refractivity contribution < 1.29 is 9.53 Å². The molecule has 1 heterocycles. The van der Waals surface area contributed by atoms with Crippen LogP contribution in [0, 0.1) is 0 Å². The van der Waals surface area contributed by atoms with Crippen LogP contribution in [-0.2, 0) is 16.1 Å². The Labute approximate surface area is 129 Å². The minimum atomic E-state index is 0.158. The summed E-state index contributed by atoms with van der Waals surface area (Å²) in [5.41, 5.74) is 0.870. The Balaban J connectivity index is 1.72. The number of carbonyl (C=O) groups is 1. The number of ether oxygens (including phenoxy) is 1. The largest absolute Gasteiger partial charge is 0.378 e. The number of halogens is 2. The normalized spacial score (nSPS) is 15.4. The van der Waals surface area contributed by atoms with E-state index >= 15 is 0 Å².